The lowest BCUT2D eigenvalue weighted by Crippen LogP contribution is -2.19. The van der Waals surface area contributed by atoms with Gasteiger partial charge in [-0.15, -0.1) is 0 Å². The fourth-order valence-electron chi connectivity index (χ4n) is 1.44. The van der Waals surface area contributed by atoms with Gasteiger partial charge in [-0.2, -0.15) is 0 Å². The minimum atomic E-state index is -0.279. The van der Waals surface area contributed by atoms with Crippen LogP contribution in [0.3, 0.4) is 0 Å². The summed E-state index contributed by atoms with van der Waals surface area (Å²) < 4.78 is 0. The normalized spacial score (nSPS) is 13.6. The molecule has 15 heavy (non-hydrogen) atoms. The van der Waals surface area contributed by atoms with Gasteiger partial charge in [0.25, 0.3) is 0 Å². The number of hydrogen-bond acceptors (Lipinski definition) is 1. The van der Waals surface area contributed by atoms with Crippen LogP contribution in [0.1, 0.15) is 44.7 Å². The number of amides is 1. The van der Waals surface area contributed by atoms with Crippen LogP contribution in [0.4, 0.5) is 0 Å². The molecular formula is C13H19NO. The molecule has 0 aliphatic heterocycles. The van der Waals surface area contributed by atoms with E-state index in [-0.39, 0.29) is 17.2 Å². The maximum absolute atomic E-state index is 11.0. The number of primary amides is 1. The Morgan fingerprint density at radius 2 is 1.67 bits per heavy atom. The predicted octanol–water partition coefficient (Wildman–Crippen LogP) is 2.57. The summed E-state index contributed by atoms with van der Waals surface area (Å²) in [5.41, 5.74) is 7.65. The maximum Gasteiger partial charge on any atom is 0.224 e. The van der Waals surface area contributed by atoms with Gasteiger partial charge < -0.3 is 5.73 Å². The van der Waals surface area contributed by atoms with E-state index in [9.17, 15) is 4.79 Å². The van der Waals surface area contributed by atoms with Gasteiger partial charge in [0, 0.05) is 0 Å². The van der Waals surface area contributed by atoms with E-state index in [1.54, 1.807) is 0 Å². The topological polar surface area (TPSA) is 43.1 Å². The third kappa shape index (κ3) is 2.82. The van der Waals surface area contributed by atoms with Crippen molar-refractivity contribution in [1.29, 1.82) is 0 Å². The molecule has 0 radical (unpaired) electrons. The molecule has 1 rings (SSSR count). The molecule has 0 aromatic heterocycles. The molecule has 1 aromatic carbocycles. The Kier molecular flexibility index (Phi) is 3.18. The number of carbonyl (C=O) groups is 1. The molecule has 0 bridgehead atoms. The van der Waals surface area contributed by atoms with Gasteiger partial charge in [-0.1, -0.05) is 45.0 Å². The standard InChI is InChI=1S/C13H19NO/c1-9(12(14)15)10-5-7-11(8-6-10)13(2,3)4/h5-9H,1-4H3,(H2,14,15)/t9-/m1/s1. The van der Waals surface area contributed by atoms with Gasteiger partial charge in [0.1, 0.15) is 0 Å². The predicted molar refractivity (Wildman–Crippen MR) is 62.8 cm³/mol. The van der Waals surface area contributed by atoms with E-state index in [2.05, 4.69) is 32.9 Å². The first-order chi connectivity index (χ1) is 6.82. The van der Waals surface area contributed by atoms with Gasteiger partial charge >= 0.3 is 0 Å². The SMILES string of the molecule is C[C@@H](C(N)=O)c1ccc(C(C)(C)C)cc1. The molecule has 0 aliphatic carbocycles. The molecule has 1 atom stereocenters. The summed E-state index contributed by atoms with van der Waals surface area (Å²) in [5.74, 6) is -0.488. The Morgan fingerprint density at radius 1 is 1.20 bits per heavy atom. The van der Waals surface area contributed by atoms with E-state index in [0.29, 0.717) is 0 Å². The van der Waals surface area contributed by atoms with Gasteiger partial charge in [-0.3, -0.25) is 4.79 Å². The van der Waals surface area contributed by atoms with Crippen LogP contribution >= 0.6 is 0 Å². The Labute approximate surface area is 91.5 Å². The second kappa shape index (κ2) is 4.05. The largest absolute Gasteiger partial charge is 0.369 e. The Hall–Kier alpha value is -1.31. The van der Waals surface area contributed by atoms with E-state index in [0.717, 1.165) is 5.56 Å². The monoisotopic (exact) mass is 205 g/mol. The zero-order valence-corrected chi connectivity index (χ0v) is 9.87. The minimum absolute atomic E-state index is 0.147. The second-order valence-corrected chi connectivity index (χ2v) is 5.00. The van der Waals surface area contributed by atoms with Gasteiger partial charge in [0.05, 0.1) is 5.92 Å². The van der Waals surface area contributed by atoms with Crippen molar-refractivity contribution < 1.29 is 4.79 Å². The van der Waals surface area contributed by atoms with Crippen LogP contribution in [-0.4, -0.2) is 5.91 Å². The summed E-state index contributed by atoms with van der Waals surface area (Å²) in [6, 6.07) is 8.09. The van der Waals surface area contributed by atoms with Crippen molar-refractivity contribution >= 4 is 5.91 Å². The molecule has 2 nitrogen and oxygen atoms in total. The van der Waals surface area contributed by atoms with E-state index in [1.807, 2.05) is 19.1 Å². The van der Waals surface area contributed by atoms with E-state index in [1.165, 1.54) is 5.56 Å². The van der Waals surface area contributed by atoms with Crippen LogP contribution in [0.5, 0.6) is 0 Å². The molecule has 0 fully saturated rings. The van der Waals surface area contributed by atoms with Crippen LogP contribution in [0.25, 0.3) is 0 Å². The molecule has 2 N–H and O–H groups in total. The Bertz CT molecular complexity index is 346. The van der Waals surface area contributed by atoms with Gasteiger partial charge in [-0.25, -0.2) is 0 Å². The summed E-state index contributed by atoms with van der Waals surface area (Å²) in [5, 5.41) is 0. The number of nitrogens with two attached hydrogens (primary N) is 1. The van der Waals surface area contributed by atoms with Gasteiger partial charge in [0.2, 0.25) is 5.91 Å². The second-order valence-electron chi connectivity index (χ2n) is 5.00. The molecule has 1 aromatic rings. The van der Waals surface area contributed by atoms with Gasteiger partial charge in [-0.05, 0) is 23.5 Å². The zero-order valence-electron chi connectivity index (χ0n) is 9.87. The Balaban J connectivity index is 2.95. The van der Waals surface area contributed by atoms with E-state index in [4.69, 9.17) is 5.73 Å². The number of hydrogen-bond donors (Lipinski definition) is 1. The maximum atomic E-state index is 11.0. The van der Waals surface area contributed by atoms with Crippen LogP contribution < -0.4 is 5.73 Å². The summed E-state index contributed by atoms with van der Waals surface area (Å²) in [7, 11) is 0. The Morgan fingerprint density at radius 3 is 2.00 bits per heavy atom. The third-order valence-electron chi connectivity index (χ3n) is 2.70. The number of carbonyl (C=O) groups excluding carboxylic acids is 1. The van der Waals surface area contributed by atoms with Gasteiger partial charge in [0.15, 0.2) is 0 Å². The first kappa shape index (κ1) is 11.8. The summed E-state index contributed by atoms with van der Waals surface area (Å²) in [6.45, 7) is 8.33. The van der Waals surface area contributed by atoms with Crippen LogP contribution in [0.2, 0.25) is 0 Å². The smallest absolute Gasteiger partial charge is 0.224 e. The lowest BCUT2D eigenvalue weighted by molar-refractivity contribution is -0.119. The quantitative estimate of drug-likeness (QED) is 0.792. The van der Waals surface area contributed by atoms with E-state index < -0.39 is 0 Å². The molecule has 82 valence electrons. The average molecular weight is 205 g/mol. The molecule has 0 heterocycles. The molecule has 0 saturated carbocycles. The lowest BCUT2D eigenvalue weighted by atomic mass is 9.86. The highest BCUT2D eigenvalue weighted by molar-refractivity contribution is 5.81. The molecule has 1 amide bonds. The van der Waals surface area contributed by atoms with Crippen molar-refractivity contribution in [3.05, 3.63) is 35.4 Å². The van der Waals surface area contributed by atoms with Crippen molar-refractivity contribution in [2.24, 2.45) is 5.73 Å². The average Bonchev–Trinajstić information content (AvgIpc) is 2.15. The van der Waals surface area contributed by atoms with Crippen molar-refractivity contribution in [2.75, 3.05) is 0 Å². The van der Waals surface area contributed by atoms with Crippen molar-refractivity contribution in [3.63, 3.8) is 0 Å². The molecule has 0 spiro atoms. The highest BCUT2D eigenvalue weighted by Gasteiger charge is 2.15. The number of benzene rings is 1. The fourth-order valence-corrected chi connectivity index (χ4v) is 1.44. The molecule has 0 aliphatic rings. The minimum Gasteiger partial charge on any atom is -0.369 e. The molecule has 2 heteroatoms. The summed E-state index contributed by atoms with van der Waals surface area (Å²) >= 11 is 0. The zero-order chi connectivity index (χ0) is 11.6. The molecular weight excluding hydrogens is 186 g/mol. The lowest BCUT2D eigenvalue weighted by Gasteiger charge is -2.19. The van der Waals surface area contributed by atoms with E-state index >= 15 is 0 Å². The van der Waals surface area contributed by atoms with Crippen molar-refractivity contribution in [2.45, 2.75) is 39.0 Å². The fraction of sp³-hybridized carbons (Fsp3) is 0.462. The van der Waals surface area contributed by atoms with Crippen LogP contribution in [-0.2, 0) is 10.2 Å². The van der Waals surface area contributed by atoms with Crippen LogP contribution in [0, 0.1) is 0 Å². The third-order valence-corrected chi connectivity index (χ3v) is 2.70. The highest BCUT2D eigenvalue weighted by Crippen LogP contribution is 2.24. The first-order valence-electron chi connectivity index (χ1n) is 5.22. The van der Waals surface area contributed by atoms with Crippen molar-refractivity contribution in [3.8, 4) is 0 Å². The summed E-state index contributed by atoms with van der Waals surface area (Å²) in [6.07, 6.45) is 0. The highest BCUT2D eigenvalue weighted by atomic mass is 16.1. The molecule has 0 unspecified atom stereocenters. The van der Waals surface area contributed by atoms with Crippen LogP contribution in [0.15, 0.2) is 24.3 Å². The summed E-state index contributed by atoms with van der Waals surface area (Å²) in [4.78, 5) is 11.0. The first-order valence-corrected chi connectivity index (χ1v) is 5.22. The van der Waals surface area contributed by atoms with Crippen molar-refractivity contribution in [1.82, 2.24) is 0 Å². The molecule has 0 saturated heterocycles. The number of rotatable bonds is 2.